The molecule has 0 atom stereocenters. The van der Waals surface area contributed by atoms with Crippen molar-refractivity contribution < 1.29 is 14.3 Å². The Hall–Kier alpha value is -3.08. The summed E-state index contributed by atoms with van der Waals surface area (Å²) in [6.45, 7) is 1.98. The van der Waals surface area contributed by atoms with Gasteiger partial charge in [0.1, 0.15) is 5.75 Å². The van der Waals surface area contributed by atoms with Crippen LogP contribution in [0, 0.1) is 6.92 Å². The summed E-state index contributed by atoms with van der Waals surface area (Å²) in [6.07, 6.45) is 3.17. The lowest BCUT2D eigenvalue weighted by Crippen LogP contribution is -2.21. The zero-order valence-corrected chi connectivity index (χ0v) is 14.9. The van der Waals surface area contributed by atoms with Crippen LogP contribution in [0.1, 0.15) is 21.5 Å². The van der Waals surface area contributed by atoms with Crippen LogP contribution in [0.5, 0.6) is 5.75 Å². The number of amides is 2. The molecule has 130 valence electrons. The highest BCUT2D eigenvalue weighted by atomic mass is 16.5. The average molecular weight is 338 g/mol. The van der Waals surface area contributed by atoms with Crippen molar-refractivity contribution in [1.82, 2.24) is 4.90 Å². The monoisotopic (exact) mass is 338 g/mol. The number of hydrogen-bond acceptors (Lipinski definition) is 3. The Morgan fingerprint density at radius 2 is 1.76 bits per heavy atom. The Morgan fingerprint density at radius 3 is 2.36 bits per heavy atom. The summed E-state index contributed by atoms with van der Waals surface area (Å²) in [5.41, 5.74) is 3.12. The first-order valence-corrected chi connectivity index (χ1v) is 7.86. The Labute approximate surface area is 147 Å². The van der Waals surface area contributed by atoms with E-state index in [0.717, 1.165) is 11.1 Å². The predicted octanol–water partition coefficient (Wildman–Crippen LogP) is 3.36. The fraction of sp³-hybridized carbons (Fsp3) is 0.200. The molecular weight excluding hydrogens is 316 g/mol. The van der Waals surface area contributed by atoms with Crippen molar-refractivity contribution in [1.29, 1.82) is 0 Å². The van der Waals surface area contributed by atoms with Crippen LogP contribution >= 0.6 is 0 Å². The van der Waals surface area contributed by atoms with E-state index in [9.17, 15) is 9.59 Å². The molecule has 0 aliphatic heterocycles. The van der Waals surface area contributed by atoms with Crippen molar-refractivity contribution in [3.05, 3.63) is 65.2 Å². The highest BCUT2D eigenvalue weighted by Crippen LogP contribution is 2.21. The molecule has 1 N–H and O–H groups in total. The number of anilines is 1. The number of nitrogens with one attached hydrogen (secondary N) is 1. The second-order valence-corrected chi connectivity index (χ2v) is 5.84. The van der Waals surface area contributed by atoms with E-state index in [2.05, 4.69) is 5.32 Å². The van der Waals surface area contributed by atoms with Gasteiger partial charge in [-0.1, -0.05) is 11.6 Å². The standard InChI is InChI=1S/C20H22N2O3/c1-14-5-11-18(25-4)16(13-14)8-12-19(23)21-17-9-6-15(7-10-17)20(24)22(2)3/h5-13H,1-4H3,(H,21,23). The molecule has 0 unspecified atom stereocenters. The second-order valence-electron chi connectivity index (χ2n) is 5.84. The van der Waals surface area contributed by atoms with E-state index in [1.54, 1.807) is 51.5 Å². The molecule has 0 radical (unpaired) electrons. The molecule has 5 heteroatoms. The zero-order chi connectivity index (χ0) is 18.4. The zero-order valence-electron chi connectivity index (χ0n) is 14.9. The Morgan fingerprint density at radius 1 is 1.08 bits per heavy atom. The smallest absolute Gasteiger partial charge is 0.253 e. The van der Waals surface area contributed by atoms with Crippen LogP contribution in [0.25, 0.3) is 6.08 Å². The van der Waals surface area contributed by atoms with Crippen molar-refractivity contribution >= 4 is 23.6 Å². The van der Waals surface area contributed by atoms with Crippen molar-refractivity contribution in [2.75, 3.05) is 26.5 Å². The van der Waals surface area contributed by atoms with Gasteiger partial charge in [-0.05, 0) is 49.4 Å². The lowest BCUT2D eigenvalue weighted by molar-refractivity contribution is -0.111. The number of methoxy groups -OCH3 is 1. The van der Waals surface area contributed by atoms with E-state index in [1.165, 1.54) is 11.0 Å². The number of nitrogens with zero attached hydrogens (tertiary/aromatic N) is 1. The minimum atomic E-state index is -0.254. The maximum absolute atomic E-state index is 12.1. The predicted molar refractivity (Wildman–Crippen MR) is 99.9 cm³/mol. The number of benzene rings is 2. The number of aryl methyl sites for hydroxylation is 1. The molecule has 0 saturated heterocycles. The minimum absolute atomic E-state index is 0.0793. The van der Waals surface area contributed by atoms with E-state index >= 15 is 0 Å². The van der Waals surface area contributed by atoms with Crippen molar-refractivity contribution in [3.63, 3.8) is 0 Å². The molecule has 25 heavy (non-hydrogen) atoms. The molecule has 2 aromatic rings. The molecule has 5 nitrogen and oxygen atoms in total. The third-order valence-electron chi connectivity index (χ3n) is 3.61. The van der Waals surface area contributed by atoms with Crippen LogP contribution < -0.4 is 10.1 Å². The fourth-order valence-corrected chi connectivity index (χ4v) is 2.29. The maximum Gasteiger partial charge on any atom is 0.253 e. The van der Waals surface area contributed by atoms with Crippen molar-refractivity contribution in [2.45, 2.75) is 6.92 Å². The van der Waals surface area contributed by atoms with Crippen LogP contribution in [0.3, 0.4) is 0 Å². The Kier molecular flexibility index (Phi) is 5.95. The highest BCUT2D eigenvalue weighted by Gasteiger charge is 2.07. The number of carbonyl (C=O) groups excluding carboxylic acids is 2. The Balaban J connectivity index is 2.05. The molecule has 0 bridgehead atoms. The van der Waals surface area contributed by atoms with Gasteiger partial charge in [-0.15, -0.1) is 0 Å². The van der Waals surface area contributed by atoms with Gasteiger partial charge in [0.2, 0.25) is 5.91 Å². The first-order valence-electron chi connectivity index (χ1n) is 7.86. The summed E-state index contributed by atoms with van der Waals surface area (Å²) in [7, 11) is 4.99. The third-order valence-corrected chi connectivity index (χ3v) is 3.61. The van der Waals surface area contributed by atoms with Gasteiger partial charge in [0.25, 0.3) is 5.91 Å². The lowest BCUT2D eigenvalue weighted by Gasteiger charge is -2.10. The van der Waals surface area contributed by atoms with Gasteiger partial charge in [0.05, 0.1) is 7.11 Å². The van der Waals surface area contributed by atoms with Gasteiger partial charge < -0.3 is 15.0 Å². The summed E-state index contributed by atoms with van der Waals surface area (Å²) in [5.74, 6) is 0.376. The first kappa shape index (κ1) is 18.3. The molecule has 2 aromatic carbocycles. The molecule has 0 fully saturated rings. The molecular formula is C20H22N2O3. The maximum atomic E-state index is 12.1. The number of rotatable bonds is 5. The van der Waals surface area contributed by atoms with Crippen molar-refractivity contribution in [2.24, 2.45) is 0 Å². The normalized spacial score (nSPS) is 10.6. The third kappa shape index (κ3) is 4.94. The number of hydrogen-bond donors (Lipinski definition) is 1. The van der Waals surface area contributed by atoms with Gasteiger partial charge in [-0.3, -0.25) is 9.59 Å². The van der Waals surface area contributed by atoms with Crippen LogP contribution in [0.4, 0.5) is 5.69 Å². The molecule has 0 aromatic heterocycles. The summed E-state index contributed by atoms with van der Waals surface area (Å²) in [5, 5.41) is 2.77. The fourth-order valence-electron chi connectivity index (χ4n) is 2.29. The SMILES string of the molecule is COc1ccc(C)cc1C=CC(=O)Nc1ccc(C(=O)N(C)C)cc1. The van der Waals surface area contributed by atoms with Gasteiger partial charge in [0.15, 0.2) is 0 Å². The van der Waals surface area contributed by atoms with Gasteiger partial charge in [0, 0.05) is 37.0 Å². The first-order chi connectivity index (χ1) is 11.9. The Bertz CT molecular complexity index is 793. The molecule has 0 aliphatic rings. The summed E-state index contributed by atoms with van der Waals surface area (Å²) >= 11 is 0. The van der Waals surface area contributed by atoms with E-state index in [1.807, 2.05) is 25.1 Å². The van der Waals surface area contributed by atoms with E-state index in [4.69, 9.17) is 4.74 Å². The molecule has 0 heterocycles. The number of ether oxygens (including phenoxy) is 1. The number of carbonyl (C=O) groups is 2. The van der Waals surface area contributed by atoms with Crippen LogP contribution in [-0.4, -0.2) is 37.9 Å². The lowest BCUT2D eigenvalue weighted by atomic mass is 10.1. The highest BCUT2D eigenvalue weighted by molar-refractivity contribution is 6.02. The van der Waals surface area contributed by atoms with E-state index < -0.39 is 0 Å². The van der Waals surface area contributed by atoms with E-state index in [-0.39, 0.29) is 11.8 Å². The molecule has 2 amide bonds. The van der Waals surface area contributed by atoms with Crippen LogP contribution in [0.2, 0.25) is 0 Å². The average Bonchev–Trinajstić information content (AvgIpc) is 2.60. The van der Waals surface area contributed by atoms with Crippen LogP contribution in [-0.2, 0) is 4.79 Å². The summed E-state index contributed by atoms with van der Waals surface area (Å²) < 4.78 is 5.29. The molecule has 0 aliphatic carbocycles. The van der Waals surface area contributed by atoms with E-state index in [0.29, 0.717) is 17.0 Å². The topological polar surface area (TPSA) is 58.6 Å². The van der Waals surface area contributed by atoms with Crippen molar-refractivity contribution in [3.8, 4) is 5.75 Å². The van der Waals surface area contributed by atoms with Crippen LogP contribution in [0.15, 0.2) is 48.5 Å². The minimum Gasteiger partial charge on any atom is -0.496 e. The summed E-state index contributed by atoms with van der Waals surface area (Å²) in [6, 6.07) is 12.5. The largest absolute Gasteiger partial charge is 0.496 e. The molecule has 0 saturated carbocycles. The quantitative estimate of drug-likeness (QED) is 0.851. The molecule has 2 rings (SSSR count). The van der Waals surface area contributed by atoms with Gasteiger partial charge >= 0.3 is 0 Å². The van der Waals surface area contributed by atoms with Gasteiger partial charge in [-0.25, -0.2) is 0 Å². The molecule has 0 spiro atoms. The second kappa shape index (κ2) is 8.15. The van der Waals surface area contributed by atoms with Gasteiger partial charge in [-0.2, -0.15) is 0 Å². The summed E-state index contributed by atoms with van der Waals surface area (Å²) in [4.78, 5) is 25.4.